The Morgan fingerprint density at radius 3 is 2.00 bits per heavy atom. The Balaban J connectivity index is 1.92. The number of halogens is 1. The minimum atomic E-state index is -4.03. The predicted molar refractivity (Wildman–Crippen MR) is 141 cm³/mol. The molecule has 0 aliphatic carbocycles. The third-order valence-corrected chi connectivity index (χ3v) is 9.38. The number of aryl methyl sites for hydroxylation is 2. The highest BCUT2D eigenvalue weighted by Gasteiger charge is 2.27. The number of nitrogens with zero attached hydrogens (tertiary/aromatic N) is 2. The molecule has 1 amide bonds. The smallest absolute Gasteiger partial charge is 0.243 e. The van der Waals surface area contributed by atoms with Crippen LogP contribution in [0.5, 0.6) is 0 Å². The molecule has 0 spiro atoms. The molecule has 0 aliphatic heterocycles. The molecule has 1 N–H and O–H groups in total. The zero-order valence-corrected chi connectivity index (χ0v) is 22.8. The SMILES string of the molecule is Cc1ccc(S(=O)(=O)N(CC(=O)Nc2cc(S(=O)(=O)N(C)C)ccc2C)Cc2ccc(Cl)cc2)cc1. The van der Waals surface area contributed by atoms with E-state index in [2.05, 4.69) is 5.32 Å². The van der Waals surface area contributed by atoms with Gasteiger partial charge in [0, 0.05) is 31.4 Å². The van der Waals surface area contributed by atoms with Crippen molar-refractivity contribution in [3.8, 4) is 0 Å². The van der Waals surface area contributed by atoms with Gasteiger partial charge in [0.2, 0.25) is 26.0 Å². The van der Waals surface area contributed by atoms with Crippen LogP contribution < -0.4 is 5.32 Å². The Labute approximate surface area is 217 Å². The maximum Gasteiger partial charge on any atom is 0.243 e. The summed E-state index contributed by atoms with van der Waals surface area (Å²) < 4.78 is 54.1. The van der Waals surface area contributed by atoms with Crippen LogP contribution in [0.1, 0.15) is 16.7 Å². The molecule has 3 rings (SSSR count). The van der Waals surface area contributed by atoms with Crippen LogP contribution in [-0.4, -0.2) is 52.0 Å². The van der Waals surface area contributed by atoms with Crippen molar-refractivity contribution in [1.29, 1.82) is 0 Å². The van der Waals surface area contributed by atoms with Crippen LogP contribution in [0.2, 0.25) is 5.02 Å². The van der Waals surface area contributed by atoms with Gasteiger partial charge in [-0.3, -0.25) is 4.79 Å². The first kappa shape index (κ1) is 27.8. The molecule has 0 aliphatic rings. The standard InChI is InChI=1S/C25H28ClN3O5S2/c1-18-5-12-22(13-6-18)36(33,34)29(16-20-8-10-21(26)11-9-20)17-25(30)27-24-15-23(14-7-19(24)2)35(31,32)28(3)4/h5-15H,16-17H2,1-4H3,(H,27,30). The van der Waals surface area contributed by atoms with E-state index in [9.17, 15) is 21.6 Å². The molecule has 11 heteroatoms. The largest absolute Gasteiger partial charge is 0.325 e. The number of nitrogens with one attached hydrogen (secondary N) is 1. The zero-order chi connectivity index (χ0) is 26.7. The highest BCUT2D eigenvalue weighted by atomic mass is 35.5. The van der Waals surface area contributed by atoms with Gasteiger partial charge in [-0.15, -0.1) is 0 Å². The normalized spacial score (nSPS) is 12.2. The molecule has 36 heavy (non-hydrogen) atoms. The average molecular weight is 550 g/mol. The monoisotopic (exact) mass is 549 g/mol. The van der Waals surface area contributed by atoms with E-state index in [4.69, 9.17) is 11.6 Å². The summed E-state index contributed by atoms with van der Waals surface area (Å²) >= 11 is 5.96. The van der Waals surface area contributed by atoms with Crippen molar-refractivity contribution in [1.82, 2.24) is 8.61 Å². The predicted octanol–water partition coefficient (Wildman–Crippen LogP) is 4.04. The van der Waals surface area contributed by atoms with E-state index >= 15 is 0 Å². The minimum absolute atomic E-state index is 0.0127. The fourth-order valence-corrected chi connectivity index (χ4v) is 5.77. The highest BCUT2D eigenvalue weighted by Crippen LogP contribution is 2.23. The Hall–Kier alpha value is -2.76. The van der Waals surface area contributed by atoms with Crippen LogP contribution in [0.4, 0.5) is 5.69 Å². The number of rotatable bonds is 9. The second kappa shape index (κ2) is 11.1. The van der Waals surface area contributed by atoms with Gasteiger partial charge in [-0.05, 0) is 61.4 Å². The minimum Gasteiger partial charge on any atom is -0.325 e. The van der Waals surface area contributed by atoms with Crippen molar-refractivity contribution in [3.05, 3.63) is 88.4 Å². The quantitative estimate of drug-likeness (QED) is 0.434. The molecule has 0 atom stereocenters. The topological polar surface area (TPSA) is 104 Å². The van der Waals surface area contributed by atoms with Crippen LogP contribution in [0.3, 0.4) is 0 Å². The van der Waals surface area contributed by atoms with E-state index in [1.54, 1.807) is 49.4 Å². The van der Waals surface area contributed by atoms with Crippen molar-refractivity contribution < 1.29 is 21.6 Å². The molecular formula is C25H28ClN3O5S2. The maximum absolute atomic E-state index is 13.5. The Morgan fingerprint density at radius 1 is 0.833 bits per heavy atom. The maximum atomic E-state index is 13.5. The molecule has 0 saturated heterocycles. The first-order chi connectivity index (χ1) is 16.8. The van der Waals surface area contributed by atoms with Gasteiger partial charge in [-0.25, -0.2) is 21.1 Å². The van der Waals surface area contributed by atoms with E-state index in [1.165, 1.54) is 38.4 Å². The number of benzene rings is 3. The lowest BCUT2D eigenvalue weighted by Gasteiger charge is -2.22. The first-order valence-electron chi connectivity index (χ1n) is 10.9. The van der Waals surface area contributed by atoms with Crippen molar-refractivity contribution in [2.24, 2.45) is 0 Å². The summed E-state index contributed by atoms with van der Waals surface area (Å²) in [5, 5.41) is 3.18. The van der Waals surface area contributed by atoms with Crippen LogP contribution in [0, 0.1) is 13.8 Å². The van der Waals surface area contributed by atoms with Gasteiger partial charge in [0.1, 0.15) is 0 Å². The molecule has 0 saturated carbocycles. The third-order valence-electron chi connectivity index (χ3n) is 5.51. The second-order valence-electron chi connectivity index (χ2n) is 8.52. The van der Waals surface area contributed by atoms with Crippen LogP contribution in [0.15, 0.2) is 76.5 Å². The van der Waals surface area contributed by atoms with E-state index in [0.717, 1.165) is 14.2 Å². The van der Waals surface area contributed by atoms with Gasteiger partial charge in [0.15, 0.2) is 0 Å². The molecule has 3 aromatic rings. The summed E-state index contributed by atoms with van der Waals surface area (Å²) in [6.45, 7) is 3.02. The summed E-state index contributed by atoms with van der Waals surface area (Å²) in [5.41, 5.74) is 2.46. The highest BCUT2D eigenvalue weighted by molar-refractivity contribution is 7.89. The summed E-state index contributed by atoms with van der Waals surface area (Å²) in [6.07, 6.45) is 0. The van der Waals surface area contributed by atoms with Gasteiger partial charge < -0.3 is 5.32 Å². The van der Waals surface area contributed by atoms with Gasteiger partial charge >= 0.3 is 0 Å². The molecule has 0 bridgehead atoms. The molecule has 8 nitrogen and oxygen atoms in total. The molecule has 0 heterocycles. The van der Waals surface area contributed by atoms with Crippen molar-refractivity contribution in [2.45, 2.75) is 30.2 Å². The summed E-state index contributed by atoms with van der Waals surface area (Å²) in [4.78, 5) is 13.1. The lowest BCUT2D eigenvalue weighted by Crippen LogP contribution is -2.37. The molecule has 192 valence electrons. The molecule has 0 fully saturated rings. The van der Waals surface area contributed by atoms with Crippen molar-refractivity contribution in [2.75, 3.05) is 26.0 Å². The average Bonchev–Trinajstić information content (AvgIpc) is 2.81. The third kappa shape index (κ3) is 6.51. The molecule has 0 unspecified atom stereocenters. The van der Waals surface area contributed by atoms with E-state index < -0.39 is 32.5 Å². The van der Waals surface area contributed by atoms with Gasteiger partial charge in [0.25, 0.3) is 0 Å². The first-order valence-corrected chi connectivity index (χ1v) is 14.2. The zero-order valence-electron chi connectivity index (χ0n) is 20.4. The van der Waals surface area contributed by atoms with Crippen LogP contribution in [-0.2, 0) is 31.4 Å². The van der Waals surface area contributed by atoms with Crippen LogP contribution in [0.25, 0.3) is 0 Å². The molecular weight excluding hydrogens is 522 g/mol. The number of amides is 1. The fourth-order valence-electron chi connectivity index (χ4n) is 3.34. The number of anilines is 1. The van der Waals surface area contributed by atoms with Crippen molar-refractivity contribution >= 4 is 43.2 Å². The lowest BCUT2D eigenvalue weighted by atomic mass is 10.2. The number of carbonyl (C=O) groups is 1. The van der Waals surface area contributed by atoms with Gasteiger partial charge in [-0.1, -0.05) is 47.5 Å². The van der Waals surface area contributed by atoms with E-state index in [1.807, 2.05) is 6.92 Å². The number of carbonyl (C=O) groups excluding carboxylic acids is 1. The van der Waals surface area contributed by atoms with Gasteiger partial charge in [0.05, 0.1) is 16.3 Å². The second-order valence-corrected chi connectivity index (χ2v) is 13.1. The summed E-state index contributed by atoms with van der Waals surface area (Å²) in [7, 11) is -4.92. The Bertz CT molecular complexity index is 1450. The molecule has 0 aromatic heterocycles. The fraction of sp³-hybridized carbons (Fsp3) is 0.240. The molecule has 0 radical (unpaired) electrons. The summed E-state index contributed by atoms with van der Waals surface area (Å²) in [6, 6.07) is 17.4. The van der Waals surface area contributed by atoms with Gasteiger partial charge in [-0.2, -0.15) is 4.31 Å². The van der Waals surface area contributed by atoms with E-state index in [0.29, 0.717) is 16.1 Å². The number of sulfonamides is 2. The summed E-state index contributed by atoms with van der Waals surface area (Å²) in [5.74, 6) is -0.609. The number of hydrogen-bond acceptors (Lipinski definition) is 5. The van der Waals surface area contributed by atoms with E-state index in [-0.39, 0.29) is 22.0 Å². The number of hydrogen-bond donors (Lipinski definition) is 1. The van der Waals surface area contributed by atoms with Crippen LogP contribution >= 0.6 is 11.6 Å². The lowest BCUT2D eigenvalue weighted by molar-refractivity contribution is -0.116. The Morgan fingerprint density at radius 2 is 1.42 bits per heavy atom. The Kier molecular flexibility index (Phi) is 8.58. The van der Waals surface area contributed by atoms with Crippen molar-refractivity contribution in [3.63, 3.8) is 0 Å². The molecule has 3 aromatic carbocycles.